The maximum absolute atomic E-state index is 2.31. The molecule has 5 heavy (non-hydrogen) atoms. The van der Waals surface area contributed by atoms with Crippen LogP contribution in [0.5, 0.6) is 0 Å². The Kier molecular flexibility index (Phi) is 3.42. The van der Waals surface area contributed by atoms with Crippen LogP contribution in [0.1, 0.15) is 6.42 Å². The van der Waals surface area contributed by atoms with Gasteiger partial charge in [0, 0.05) is 6.42 Å². The average Bonchev–Trinajstić information content (AvgIpc) is 0.722. The van der Waals surface area contributed by atoms with Crippen molar-refractivity contribution in [3.8, 4) is 0 Å². The molecule has 0 bridgehead atoms. The minimum Gasteiger partial charge on any atom is -0.346 e. The molecule has 1 rings (SSSR count). The van der Waals surface area contributed by atoms with Gasteiger partial charge in [0.15, 0.2) is 0 Å². The minimum absolute atomic E-state index is 0. The molecule has 0 atom stereocenters. The molecule has 0 spiro atoms. The van der Waals surface area contributed by atoms with Crippen molar-refractivity contribution < 1.29 is 5.32 Å². The molecule has 0 unspecified atom stereocenters. The van der Waals surface area contributed by atoms with Gasteiger partial charge in [-0.15, -0.1) is 0 Å². The van der Waals surface area contributed by atoms with Crippen LogP contribution in [0.25, 0.3) is 0 Å². The molecule has 2 N–H and O–H groups in total. The minimum atomic E-state index is 0. The van der Waals surface area contributed by atoms with Gasteiger partial charge in [-0.25, -0.2) is 0 Å². The van der Waals surface area contributed by atoms with Gasteiger partial charge in [-0.1, -0.05) is 0 Å². The Morgan fingerprint density at radius 2 is 1.40 bits per heavy atom. The molecule has 24 valence electrons. The molecule has 1 nitrogen and oxygen atoms in total. The van der Waals surface area contributed by atoms with Crippen molar-refractivity contribution in [2.24, 2.45) is 0 Å². The number of quaternary nitrogens is 1. The third-order valence-corrected chi connectivity index (χ3v) is 0.816. The van der Waals surface area contributed by atoms with Crippen molar-refractivity contribution in [2.75, 3.05) is 13.1 Å². The van der Waals surface area contributed by atoms with Gasteiger partial charge < -0.3 is 5.32 Å². The second-order valence-electron chi connectivity index (χ2n) is 1.22. The van der Waals surface area contributed by atoms with E-state index in [2.05, 4.69) is 5.32 Å². The summed E-state index contributed by atoms with van der Waals surface area (Å²) in [5.41, 5.74) is 0. The molecule has 0 aromatic rings. The molecule has 0 aliphatic carbocycles. The molecular weight excluding hydrogens is 169 g/mol. The zero-order valence-electron chi connectivity index (χ0n) is 3.20. The SMILES string of the molecule is C1C[NH2+]C1.[Sn+4]. The van der Waals surface area contributed by atoms with E-state index >= 15 is 0 Å². The fraction of sp³-hybridized carbons (Fsp3) is 1.00. The third kappa shape index (κ3) is 1.60. The Bertz CT molecular complexity index is 14.9. The number of nitrogens with two attached hydrogens (primary N) is 1. The van der Waals surface area contributed by atoms with Gasteiger partial charge in [0.05, 0.1) is 13.1 Å². The molecule has 1 fully saturated rings. The van der Waals surface area contributed by atoms with Gasteiger partial charge >= 0.3 is 23.9 Å². The standard InChI is InChI=1S/C3H7N.Sn/c1-2-4-3-1;/h4H,1-3H2;/q;+4/p+1. The maximum atomic E-state index is 2.31. The summed E-state index contributed by atoms with van der Waals surface area (Å²) in [6, 6.07) is 0. The van der Waals surface area contributed by atoms with E-state index in [4.69, 9.17) is 0 Å². The zero-order valence-corrected chi connectivity index (χ0v) is 6.05. The molecule has 2 heteroatoms. The monoisotopic (exact) mass is 178 g/mol. The predicted octanol–water partition coefficient (Wildman–Crippen LogP) is -1.43. The Hall–Kier alpha value is 0.759. The summed E-state index contributed by atoms with van der Waals surface area (Å²) >= 11 is 0. The van der Waals surface area contributed by atoms with Crippen molar-refractivity contribution in [1.29, 1.82) is 0 Å². The van der Waals surface area contributed by atoms with Crippen molar-refractivity contribution in [3.63, 3.8) is 0 Å². The summed E-state index contributed by atoms with van der Waals surface area (Å²) < 4.78 is 0. The quantitative estimate of drug-likeness (QED) is 0.437. The molecule has 0 saturated carbocycles. The smallest absolute Gasteiger partial charge is 0.346 e. The van der Waals surface area contributed by atoms with Gasteiger partial charge in [-0.05, 0) is 0 Å². The normalized spacial score (nSPS) is 19.2. The second kappa shape index (κ2) is 2.97. The van der Waals surface area contributed by atoms with Crippen molar-refractivity contribution in [2.45, 2.75) is 6.42 Å². The summed E-state index contributed by atoms with van der Waals surface area (Å²) in [4.78, 5) is 0. The summed E-state index contributed by atoms with van der Waals surface area (Å²) in [5.74, 6) is 0. The van der Waals surface area contributed by atoms with Crippen molar-refractivity contribution >= 4 is 23.9 Å². The van der Waals surface area contributed by atoms with Gasteiger partial charge in [-0.2, -0.15) is 0 Å². The van der Waals surface area contributed by atoms with Crippen molar-refractivity contribution in [1.82, 2.24) is 0 Å². The molecule has 0 amide bonds. The molecule has 0 radical (unpaired) electrons. The molecule has 1 saturated heterocycles. The largest absolute Gasteiger partial charge is 4.00 e. The van der Waals surface area contributed by atoms with Crippen LogP contribution in [0, 0.1) is 0 Å². The van der Waals surface area contributed by atoms with Gasteiger partial charge in [0.25, 0.3) is 0 Å². The second-order valence-corrected chi connectivity index (χ2v) is 1.22. The molecule has 1 aliphatic rings. The third-order valence-electron chi connectivity index (χ3n) is 0.816. The van der Waals surface area contributed by atoms with E-state index in [1.54, 1.807) is 0 Å². The van der Waals surface area contributed by atoms with Crippen molar-refractivity contribution in [3.05, 3.63) is 0 Å². The first kappa shape index (κ1) is 5.76. The topological polar surface area (TPSA) is 16.6 Å². The van der Waals surface area contributed by atoms with E-state index in [9.17, 15) is 0 Å². The number of hydrogen-bond donors (Lipinski definition) is 1. The Morgan fingerprint density at radius 3 is 1.40 bits per heavy atom. The Balaban J connectivity index is 0.000000160. The Morgan fingerprint density at radius 1 is 1.20 bits per heavy atom. The first-order chi connectivity index (χ1) is 2.00. The van der Waals surface area contributed by atoms with Crippen LogP contribution in [0.2, 0.25) is 0 Å². The molecule has 1 aliphatic heterocycles. The molecule has 0 aromatic carbocycles. The number of rotatable bonds is 0. The molecule has 1 heterocycles. The van der Waals surface area contributed by atoms with Gasteiger partial charge in [0.1, 0.15) is 0 Å². The van der Waals surface area contributed by atoms with E-state index in [0.717, 1.165) is 0 Å². The average molecular weight is 177 g/mol. The fourth-order valence-electron chi connectivity index (χ4n) is 0.204. The molecular formula is C3H8NSn+5. The maximum Gasteiger partial charge on any atom is 4.00 e. The summed E-state index contributed by atoms with van der Waals surface area (Å²) in [6.45, 7) is 2.75. The van der Waals surface area contributed by atoms with Crippen LogP contribution < -0.4 is 5.32 Å². The van der Waals surface area contributed by atoms with Crippen LogP contribution >= 0.6 is 0 Å². The predicted molar refractivity (Wildman–Crippen MR) is 22.0 cm³/mol. The zero-order chi connectivity index (χ0) is 2.83. The van der Waals surface area contributed by atoms with Gasteiger partial charge in [0.2, 0.25) is 0 Å². The van der Waals surface area contributed by atoms with Crippen LogP contribution in [0.4, 0.5) is 0 Å². The van der Waals surface area contributed by atoms with E-state index in [0.29, 0.717) is 0 Å². The van der Waals surface area contributed by atoms with E-state index in [1.165, 1.54) is 19.5 Å². The summed E-state index contributed by atoms with van der Waals surface area (Å²) in [7, 11) is 0. The van der Waals surface area contributed by atoms with E-state index in [-0.39, 0.29) is 23.9 Å². The number of hydrogen-bond acceptors (Lipinski definition) is 0. The first-order valence-corrected chi connectivity index (χ1v) is 1.82. The fourth-order valence-corrected chi connectivity index (χ4v) is 0.204. The summed E-state index contributed by atoms with van der Waals surface area (Å²) in [6.07, 6.45) is 1.44. The molecule has 0 aromatic heterocycles. The van der Waals surface area contributed by atoms with E-state index < -0.39 is 0 Å². The first-order valence-electron chi connectivity index (χ1n) is 1.82. The van der Waals surface area contributed by atoms with Crippen LogP contribution in [0.15, 0.2) is 0 Å². The van der Waals surface area contributed by atoms with Gasteiger partial charge in [-0.3, -0.25) is 0 Å². The Labute approximate surface area is 49.1 Å². The van der Waals surface area contributed by atoms with Crippen LogP contribution in [0.3, 0.4) is 0 Å². The van der Waals surface area contributed by atoms with Crippen LogP contribution in [-0.2, 0) is 0 Å². The summed E-state index contributed by atoms with van der Waals surface area (Å²) in [5, 5.41) is 2.31. The van der Waals surface area contributed by atoms with E-state index in [1.807, 2.05) is 0 Å². The van der Waals surface area contributed by atoms with Crippen LogP contribution in [-0.4, -0.2) is 37.0 Å².